The Morgan fingerprint density at radius 1 is 1.15 bits per heavy atom. The number of esters is 1. The highest BCUT2D eigenvalue weighted by molar-refractivity contribution is 5.82. The third kappa shape index (κ3) is 5.72. The molecule has 0 amide bonds. The number of benzene rings is 1. The van der Waals surface area contributed by atoms with Crippen molar-refractivity contribution in [3.05, 3.63) is 54.0 Å². The lowest BCUT2D eigenvalue weighted by atomic mass is 10.0. The van der Waals surface area contributed by atoms with Gasteiger partial charge in [-0.2, -0.15) is 0 Å². The number of hydrogen-bond acceptors (Lipinski definition) is 8. The predicted molar refractivity (Wildman–Crippen MR) is 147 cm³/mol. The van der Waals surface area contributed by atoms with Crippen LogP contribution in [0.15, 0.2) is 42.6 Å². The van der Waals surface area contributed by atoms with E-state index in [-0.39, 0.29) is 42.9 Å². The molecule has 39 heavy (non-hydrogen) atoms. The summed E-state index contributed by atoms with van der Waals surface area (Å²) in [6, 6.07) is 11.0. The Bertz CT molecular complexity index is 1470. The van der Waals surface area contributed by atoms with Gasteiger partial charge < -0.3 is 15.2 Å². The summed E-state index contributed by atoms with van der Waals surface area (Å²) in [5.41, 5.74) is 9.15. The van der Waals surface area contributed by atoms with E-state index in [0.29, 0.717) is 28.1 Å². The first-order chi connectivity index (χ1) is 18.9. The lowest BCUT2D eigenvalue weighted by Crippen LogP contribution is -2.28. The van der Waals surface area contributed by atoms with Gasteiger partial charge in [-0.3, -0.25) is 14.1 Å². The predicted octanol–water partition coefficient (Wildman–Crippen LogP) is 4.54. The Balaban J connectivity index is 1.35. The number of ether oxygens (including phenoxy) is 2. The number of carbonyl (C=O) groups excluding carboxylic acids is 1. The molecule has 4 heterocycles. The van der Waals surface area contributed by atoms with Crippen molar-refractivity contribution in [3.63, 3.8) is 0 Å². The van der Waals surface area contributed by atoms with Crippen molar-refractivity contribution >= 4 is 22.5 Å². The number of nitrogens with two attached hydrogens (primary N) is 1. The fourth-order valence-electron chi connectivity index (χ4n) is 5.10. The summed E-state index contributed by atoms with van der Waals surface area (Å²) in [4.78, 5) is 19.2. The van der Waals surface area contributed by atoms with Gasteiger partial charge in [-0.25, -0.2) is 9.37 Å². The molecule has 1 saturated heterocycles. The van der Waals surface area contributed by atoms with Gasteiger partial charge in [-0.1, -0.05) is 26.0 Å². The van der Waals surface area contributed by atoms with Crippen molar-refractivity contribution in [2.45, 2.75) is 52.1 Å². The molecule has 0 aliphatic carbocycles. The monoisotopic (exact) mass is 534 g/mol. The lowest BCUT2D eigenvalue weighted by Gasteiger charge is -2.24. The minimum atomic E-state index is -0.503. The fourth-order valence-corrected chi connectivity index (χ4v) is 5.10. The largest absolute Gasteiger partial charge is 0.487 e. The van der Waals surface area contributed by atoms with Crippen molar-refractivity contribution in [3.8, 4) is 17.3 Å². The Morgan fingerprint density at radius 2 is 1.97 bits per heavy atom. The van der Waals surface area contributed by atoms with E-state index < -0.39 is 5.82 Å². The van der Waals surface area contributed by atoms with E-state index in [1.165, 1.54) is 6.07 Å². The lowest BCUT2D eigenvalue weighted by molar-refractivity contribution is -0.149. The van der Waals surface area contributed by atoms with Crippen LogP contribution in [-0.2, 0) is 9.53 Å². The Labute approximate surface area is 227 Å². The van der Waals surface area contributed by atoms with Crippen molar-refractivity contribution in [2.24, 2.45) is 11.7 Å². The molecule has 0 saturated carbocycles. The molecule has 1 aliphatic heterocycles. The van der Waals surface area contributed by atoms with Crippen LogP contribution in [0.5, 0.6) is 5.75 Å². The van der Waals surface area contributed by atoms with Crippen LogP contribution in [0.4, 0.5) is 4.39 Å². The van der Waals surface area contributed by atoms with Gasteiger partial charge in [0, 0.05) is 42.8 Å². The van der Waals surface area contributed by atoms with Crippen LogP contribution in [-0.4, -0.2) is 62.8 Å². The molecule has 0 unspecified atom stereocenters. The minimum absolute atomic E-state index is 0.0473. The Kier molecular flexibility index (Phi) is 8.04. The SMILES string of the molecule is CCC(CC)C(=O)OCCOc1cc2nc(-c3nnc4ccc([C@H](C)N5CC[C@H](N)C5)cn34)ccc2cc1F. The van der Waals surface area contributed by atoms with Gasteiger partial charge in [-0.15, -0.1) is 10.2 Å². The zero-order valence-corrected chi connectivity index (χ0v) is 22.6. The normalized spacial score (nSPS) is 16.8. The number of nitrogens with zero attached hydrogens (tertiary/aromatic N) is 5. The Morgan fingerprint density at radius 3 is 2.72 bits per heavy atom. The number of aromatic nitrogens is 4. The first kappa shape index (κ1) is 27.0. The number of halogens is 1. The third-order valence-corrected chi connectivity index (χ3v) is 7.59. The number of hydrogen-bond donors (Lipinski definition) is 1. The van der Waals surface area contributed by atoms with E-state index in [9.17, 15) is 9.18 Å². The molecule has 9 nitrogen and oxygen atoms in total. The highest BCUT2D eigenvalue weighted by atomic mass is 19.1. The number of rotatable bonds is 10. The maximum absolute atomic E-state index is 14.7. The fraction of sp³-hybridized carbons (Fsp3) is 0.448. The molecule has 5 rings (SSSR count). The van der Waals surface area contributed by atoms with Crippen LogP contribution in [0.2, 0.25) is 0 Å². The van der Waals surface area contributed by atoms with Crippen molar-refractivity contribution in [2.75, 3.05) is 26.3 Å². The summed E-state index contributed by atoms with van der Waals surface area (Å²) in [6.45, 7) is 8.03. The summed E-state index contributed by atoms with van der Waals surface area (Å²) < 4.78 is 27.5. The molecule has 1 fully saturated rings. The Hall–Kier alpha value is -3.63. The molecular weight excluding hydrogens is 499 g/mol. The van der Waals surface area contributed by atoms with Crippen LogP contribution >= 0.6 is 0 Å². The zero-order chi connectivity index (χ0) is 27.5. The average Bonchev–Trinajstić information content (AvgIpc) is 3.57. The molecule has 2 N–H and O–H groups in total. The standard InChI is InChI=1S/C29H35FN6O3/c1-4-19(5-2)29(37)39-13-12-38-26-15-25-20(14-23(26)30)6-8-24(32-25)28-34-33-27-9-7-21(16-36(27)28)18(3)35-11-10-22(31)17-35/h6-9,14-16,18-19,22H,4-5,10-13,17,31H2,1-3H3/t18-,22-/m0/s1. The number of carbonyl (C=O) groups is 1. The van der Waals surface area contributed by atoms with E-state index in [1.807, 2.05) is 36.6 Å². The molecule has 0 spiro atoms. The van der Waals surface area contributed by atoms with Crippen LogP contribution in [0.25, 0.3) is 28.1 Å². The second-order valence-corrected chi connectivity index (χ2v) is 10.1. The van der Waals surface area contributed by atoms with Gasteiger partial charge in [0.15, 0.2) is 23.0 Å². The highest BCUT2D eigenvalue weighted by Crippen LogP contribution is 2.28. The van der Waals surface area contributed by atoms with E-state index in [4.69, 9.17) is 20.2 Å². The quantitative estimate of drug-likeness (QED) is 0.233. The summed E-state index contributed by atoms with van der Waals surface area (Å²) in [7, 11) is 0. The topological polar surface area (TPSA) is 108 Å². The van der Waals surface area contributed by atoms with Gasteiger partial charge >= 0.3 is 5.97 Å². The molecule has 10 heteroatoms. The van der Waals surface area contributed by atoms with Crippen molar-refractivity contribution in [1.29, 1.82) is 0 Å². The summed E-state index contributed by atoms with van der Waals surface area (Å²) in [6.07, 6.45) is 4.49. The third-order valence-electron chi connectivity index (χ3n) is 7.59. The molecule has 1 aromatic carbocycles. The van der Waals surface area contributed by atoms with E-state index in [2.05, 4.69) is 28.1 Å². The maximum atomic E-state index is 14.7. The van der Waals surface area contributed by atoms with Gasteiger partial charge in [0.25, 0.3) is 0 Å². The van der Waals surface area contributed by atoms with Crippen molar-refractivity contribution in [1.82, 2.24) is 24.5 Å². The van der Waals surface area contributed by atoms with Gasteiger partial charge in [0.2, 0.25) is 0 Å². The van der Waals surface area contributed by atoms with E-state index in [1.54, 1.807) is 12.1 Å². The molecule has 1 aliphatic rings. The minimum Gasteiger partial charge on any atom is -0.487 e. The second kappa shape index (κ2) is 11.6. The van der Waals surface area contributed by atoms with Crippen LogP contribution in [0, 0.1) is 11.7 Å². The number of fused-ring (bicyclic) bond motifs is 2. The summed E-state index contributed by atoms with van der Waals surface area (Å²) in [5, 5.41) is 9.35. The summed E-state index contributed by atoms with van der Waals surface area (Å²) >= 11 is 0. The van der Waals surface area contributed by atoms with Crippen molar-refractivity contribution < 1.29 is 18.7 Å². The van der Waals surface area contributed by atoms with Gasteiger partial charge in [0.05, 0.1) is 11.4 Å². The molecule has 0 radical (unpaired) electrons. The van der Waals surface area contributed by atoms with Gasteiger partial charge in [-0.05, 0) is 49.9 Å². The van der Waals surface area contributed by atoms with E-state index in [0.717, 1.165) is 37.9 Å². The van der Waals surface area contributed by atoms with Crippen LogP contribution < -0.4 is 10.5 Å². The molecule has 3 aromatic heterocycles. The molecule has 4 aromatic rings. The number of likely N-dealkylation sites (tertiary alicyclic amines) is 1. The van der Waals surface area contributed by atoms with Crippen LogP contribution in [0.3, 0.4) is 0 Å². The molecule has 2 atom stereocenters. The first-order valence-electron chi connectivity index (χ1n) is 13.6. The van der Waals surface area contributed by atoms with Gasteiger partial charge in [0.1, 0.15) is 18.9 Å². The molecule has 206 valence electrons. The second-order valence-electron chi connectivity index (χ2n) is 10.1. The van der Waals surface area contributed by atoms with E-state index >= 15 is 0 Å². The zero-order valence-electron chi connectivity index (χ0n) is 22.6. The van der Waals surface area contributed by atoms with Crippen LogP contribution in [0.1, 0.15) is 51.6 Å². The summed E-state index contributed by atoms with van der Waals surface area (Å²) in [5.74, 6) is -0.237. The maximum Gasteiger partial charge on any atom is 0.309 e. The molecule has 0 bridgehead atoms. The average molecular weight is 535 g/mol. The molecular formula is C29H35FN6O3. The number of pyridine rings is 2. The first-order valence-corrected chi connectivity index (χ1v) is 13.6. The highest BCUT2D eigenvalue weighted by Gasteiger charge is 2.25. The smallest absolute Gasteiger partial charge is 0.309 e.